The molecule has 1 N–H and O–H groups in total. The highest BCUT2D eigenvalue weighted by atomic mass is 79.9. The van der Waals surface area contributed by atoms with E-state index in [0.29, 0.717) is 12.3 Å². The molecule has 1 aromatic rings. The van der Waals surface area contributed by atoms with Gasteiger partial charge in [0.1, 0.15) is 5.82 Å². The normalized spacial score (nSPS) is 11.9. The maximum atomic E-state index is 12.8. The zero-order valence-electron chi connectivity index (χ0n) is 8.87. The Bertz CT molecular complexity index is 360. The lowest BCUT2D eigenvalue weighted by atomic mass is 10.2. The topological polar surface area (TPSA) is 38.3 Å². The smallest absolute Gasteiger partial charge is 0.411 e. The molecule has 0 aliphatic heterocycles. The van der Waals surface area contributed by atoms with Crippen molar-refractivity contribution in [2.75, 3.05) is 17.3 Å². The number of amides is 1. The van der Waals surface area contributed by atoms with Crippen molar-refractivity contribution in [2.45, 2.75) is 6.92 Å². The van der Waals surface area contributed by atoms with Crippen LogP contribution in [0.3, 0.4) is 0 Å². The summed E-state index contributed by atoms with van der Waals surface area (Å²) in [6.07, 6.45) is -0.571. The molecule has 0 bridgehead atoms. The van der Waals surface area contributed by atoms with Crippen LogP contribution >= 0.6 is 15.9 Å². The molecule has 0 fully saturated rings. The zero-order valence-corrected chi connectivity index (χ0v) is 10.5. The van der Waals surface area contributed by atoms with Gasteiger partial charge in [-0.1, -0.05) is 28.9 Å². The first-order valence-electron chi connectivity index (χ1n) is 4.87. The van der Waals surface area contributed by atoms with Crippen molar-refractivity contribution in [3.05, 3.63) is 30.1 Å². The third-order valence-corrected chi connectivity index (χ3v) is 2.94. The fourth-order valence-electron chi connectivity index (χ4n) is 0.983. The third-order valence-electron chi connectivity index (χ3n) is 1.83. The van der Waals surface area contributed by atoms with Crippen molar-refractivity contribution in [1.29, 1.82) is 0 Å². The van der Waals surface area contributed by atoms with Gasteiger partial charge >= 0.3 is 6.09 Å². The van der Waals surface area contributed by atoms with Crippen LogP contribution < -0.4 is 5.32 Å². The van der Waals surface area contributed by atoms with Crippen molar-refractivity contribution < 1.29 is 13.9 Å². The number of rotatable bonds is 4. The minimum atomic E-state index is -0.571. The summed E-state index contributed by atoms with van der Waals surface area (Å²) >= 11 is 3.28. The molecular weight excluding hydrogens is 277 g/mol. The second-order valence-electron chi connectivity index (χ2n) is 3.49. The van der Waals surface area contributed by atoms with Crippen molar-refractivity contribution in [3.63, 3.8) is 0 Å². The molecule has 1 amide bonds. The van der Waals surface area contributed by atoms with Gasteiger partial charge in [0.2, 0.25) is 0 Å². The van der Waals surface area contributed by atoms with E-state index in [1.54, 1.807) is 6.07 Å². The maximum Gasteiger partial charge on any atom is 0.411 e. The number of halogens is 2. The fourth-order valence-corrected chi connectivity index (χ4v) is 1.17. The molecule has 0 saturated carbocycles. The first kappa shape index (κ1) is 13.0. The highest BCUT2D eigenvalue weighted by molar-refractivity contribution is 9.09. The summed E-state index contributed by atoms with van der Waals surface area (Å²) in [5, 5.41) is 3.21. The Labute approximate surface area is 102 Å². The average molecular weight is 290 g/mol. The van der Waals surface area contributed by atoms with E-state index in [1.165, 1.54) is 18.2 Å². The van der Waals surface area contributed by atoms with Crippen LogP contribution in [0.1, 0.15) is 6.92 Å². The first-order valence-corrected chi connectivity index (χ1v) is 5.99. The summed E-state index contributed by atoms with van der Waals surface area (Å²) in [4.78, 5) is 11.3. The SMILES string of the molecule is CC(CBr)COC(=O)Nc1cccc(F)c1. The molecule has 0 heterocycles. The van der Waals surface area contributed by atoms with Crippen LogP contribution in [0.25, 0.3) is 0 Å². The van der Waals surface area contributed by atoms with Crippen LogP contribution in [0.5, 0.6) is 0 Å². The van der Waals surface area contributed by atoms with Gasteiger partial charge in [0.05, 0.1) is 6.61 Å². The molecule has 0 aliphatic carbocycles. The lowest BCUT2D eigenvalue weighted by Crippen LogP contribution is -2.18. The van der Waals surface area contributed by atoms with Crippen molar-refractivity contribution in [2.24, 2.45) is 5.92 Å². The number of hydrogen-bond acceptors (Lipinski definition) is 2. The number of benzene rings is 1. The summed E-state index contributed by atoms with van der Waals surface area (Å²) in [5.41, 5.74) is 0.386. The molecule has 88 valence electrons. The molecular formula is C11H13BrFNO2. The molecule has 0 aliphatic rings. The van der Waals surface area contributed by atoms with Gasteiger partial charge in [0.15, 0.2) is 0 Å². The van der Waals surface area contributed by atoms with E-state index in [9.17, 15) is 9.18 Å². The van der Waals surface area contributed by atoms with E-state index in [-0.39, 0.29) is 5.92 Å². The first-order chi connectivity index (χ1) is 7.61. The molecule has 1 unspecified atom stereocenters. The molecule has 0 radical (unpaired) electrons. The number of hydrogen-bond donors (Lipinski definition) is 1. The molecule has 0 aromatic heterocycles. The van der Waals surface area contributed by atoms with Gasteiger partial charge in [-0.3, -0.25) is 5.32 Å². The van der Waals surface area contributed by atoms with E-state index >= 15 is 0 Å². The highest BCUT2D eigenvalue weighted by Gasteiger charge is 2.06. The summed E-state index contributed by atoms with van der Waals surface area (Å²) in [6, 6.07) is 5.66. The average Bonchev–Trinajstić information content (AvgIpc) is 2.26. The lowest BCUT2D eigenvalue weighted by Gasteiger charge is -2.10. The van der Waals surface area contributed by atoms with Gasteiger partial charge in [-0.05, 0) is 18.2 Å². The Morgan fingerprint density at radius 3 is 3.00 bits per heavy atom. The minimum Gasteiger partial charge on any atom is -0.449 e. The van der Waals surface area contributed by atoms with Crippen molar-refractivity contribution in [1.82, 2.24) is 0 Å². The lowest BCUT2D eigenvalue weighted by molar-refractivity contribution is 0.148. The monoisotopic (exact) mass is 289 g/mol. The number of nitrogens with one attached hydrogen (secondary N) is 1. The Balaban J connectivity index is 2.40. The largest absolute Gasteiger partial charge is 0.449 e. The third kappa shape index (κ3) is 4.61. The van der Waals surface area contributed by atoms with E-state index in [1.807, 2.05) is 6.92 Å². The van der Waals surface area contributed by atoms with Crippen LogP contribution in [0, 0.1) is 11.7 Å². The van der Waals surface area contributed by atoms with E-state index in [0.717, 1.165) is 5.33 Å². The summed E-state index contributed by atoms with van der Waals surface area (Å²) in [6.45, 7) is 2.27. The van der Waals surface area contributed by atoms with E-state index in [4.69, 9.17) is 4.74 Å². The van der Waals surface area contributed by atoms with Crippen molar-refractivity contribution >= 4 is 27.7 Å². The standard InChI is InChI=1S/C11H13BrFNO2/c1-8(6-12)7-16-11(15)14-10-4-2-3-9(13)5-10/h2-5,8H,6-7H2,1H3,(H,14,15). The summed E-state index contributed by atoms with van der Waals surface area (Å²) in [7, 11) is 0. The Morgan fingerprint density at radius 2 is 2.38 bits per heavy atom. The summed E-state index contributed by atoms with van der Waals surface area (Å²) < 4.78 is 17.7. The second-order valence-corrected chi connectivity index (χ2v) is 4.14. The summed E-state index contributed by atoms with van der Waals surface area (Å²) in [5.74, 6) is -0.148. The van der Waals surface area contributed by atoms with Gasteiger partial charge < -0.3 is 4.74 Å². The molecule has 16 heavy (non-hydrogen) atoms. The van der Waals surface area contributed by atoms with Crippen LogP contribution in [0.4, 0.5) is 14.9 Å². The van der Waals surface area contributed by atoms with Gasteiger partial charge in [0, 0.05) is 16.9 Å². The highest BCUT2D eigenvalue weighted by Crippen LogP contribution is 2.09. The van der Waals surface area contributed by atoms with Crippen LogP contribution in [0.15, 0.2) is 24.3 Å². The van der Waals surface area contributed by atoms with Gasteiger partial charge in [-0.2, -0.15) is 0 Å². The van der Waals surface area contributed by atoms with E-state index < -0.39 is 11.9 Å². The number of ether oxygens (including phenoxy) is 1. The van der Waals surface area contributed by atoms with E-state index in [2.05, 4.69) is 21.2 Å². The predicted molar refractivity (Wildman–Crippen MR) is 64.3 cm³/mol. The number of carbonyl (C=O) groups is 1. The quantitative estimate of drug-likeness (QED) is 0.863. The van der Waals surface area contributed by atoms with Crippen LogP contribution in [-0.2, 0) is 4.74 Å². The van der Waals surface area contributed by atoms with Gasteiger partial charge in [-0.25, -0.2) is 9.18 Å². The van der Waals surface area contributed by atoms with Crippen LogP contribution in [0.2, 0.25) is 0 Å². The maximum absolute atomic E-state index is 12.8. The number of anilines is 1. The molecule has 1 atom stereocenters. The Kier molecular flexibility index (Phi) is 5.25. The molecule has 3 nitrogen and oxygen atoms in total. The van der Waals surface area contributed by atoms with Gasteiger partial charge in [0.25, 0.3) is 0 Å². The molecule has 1 aromatic carbocycles. The molecule has 1 rings (SSSR count). The molecule has 5 heteroatoms. The van der Waals surface area contributed by atoms with Crippen LogP contribution in [-0.4, -0.2) is 18.0 Å². The second kappa shape index (κ2) is 6.48. The zero-order chi connectivity index (χ0) is 12.0. The Hall–Kier alpha value is -1.10. The predicted octanol–water partition coefficient (Wildman–Crippen LogP) is 3.41. The van der Waals surface area contributed by atoms with Crippen molar-refractivity contribution in [3.8, 4) is 0 Å². The Morgan fingerprint density at radius 1 is 1.62 bits per heavy atom. The fraction of sp³-hybridized carbons (Fsp3) is 0.364. The van der Waals surface area contributed by atoms with Gasteiger partial charge in [-0.15, -0.1) is 0 Å². The number of alkyl halides is 1. The minimum absolute atomic E-state index is 0.248. The number of carbonyl (C=O) groups excluding carboxylic acids is 1. The molecule has 0 saturated heterocycles. The molecule has 0 spiro atoms.